The number of benzene rings is 2. The van der Waals surface area contributed by atoms with Crippen molar-refractivity contribution >= 4 is 34.7 Å². The third kappa shape index (κ3) is 4.34. The molecule has 0 unspecified atom stereocenters. The Balaban J connectivity index is 1.46. The molecule has 1 N–H and O–H groups in total. The van der Waals surface area contributed by atoms with E-state index in [1.807, 2.05) is 49.4 Å². The van der Waals surface area contributed by atoms with Crippen LogP contribution < -0.4 is 15.1 Å². The highest BCUT2D eigenvalue weighted by atomic mass is 35.5. The molecule has 0 spiro atoms. The van der Waals surface area contributed by atoms with E-state index >= 15 is 0 Å². The lowest BCUT2D eigenvalue weighted by Crippen LogP contribution is -2.46. The predicted molar refractivity (Wildman–Crippen MR) is 112 cm³/mol. The summed E-state index contributed by atoms with van der Waals surface area (Å²) in [5, 5.41) is 3.89. The molecule has 0 amide bonds. The molecule has 0 atom stereocenters. The van der Waals surface area contributed by atoms with Crippen molar-refractivity contribution in [3.8, 4) is 0 Å². The number of halogens is 2. The molecule has 1 saturated heterocycles. The molecule has 1 aliphatic rings. The molecule has 2 aromatic carbocycles. The third-order valence-electron chi connectivity index (χ3n) is 4.72. The van der Waals surface area contributed by atoms with E-state index in [1.165, 1.54) is 12.1 Å². The zero-order chi connectivity index (χ0) is 19.5. The topological polar surface area (TPSA) is 44.3 Å². The molecule has 1 aromatic heterocycles. The second-order valence-corrected chi connectivity index (χ2v) is 7.21. The summed E-state index contributed by atoms with van der Waals surface area (Å²) in [7, 11) is 0. The van der Waals surface area contributed by atoms with Gasteiger partial charge in [-0.3, -0.25) is 0 Å². The van der Waals surface area contributed by atoms with Crippen LogP contribution in [0.5, 0.6) is 0 Å². The molecule has 5 nitrogen and oxygen atoms in total. The number of piperazine rings is 1. The second kappa shape index (κ2) is 8.02. The van der Waals surface area contributed by atoms with Crippen LogP contribution in [-0.2, 0) is 0 Å². The fourth-order valence-corrected chi connectivity index (χ4v) is 3.50. The number of nitrogens with one attached hydrogen (secondary N) is 1. The molecule has 1 aliphatic heterocycles. The van der Waals surface area contributed by atoms with Gasteiger partial charge in [-0.25, -0.2) is 9.37 Å². The van der Waals surface area contributed by atoms with Gasteiger partial charge in [0.1, 0.15) is 11.6 Å². The van der Waals surface area contributed by atoms with Gasteiger partial charge < -0.3 is 15.1 Å². The minimum absolute atomic E-state index is 0.210. The monoisotopic (exact) mass is 397 g/mol. The number of hydrogen-bond donors (Lipinski definition) is 1. The summed E-state index contributed by atoms with van der Waals surface area (Å²) >= 11 is 6.05. The lowest BCUT2D eigenvalue weighted by Gasteiger charge is -2.36. The first-order valence-electron chi connectivity index (χ1n) is 9.20. The van der Waals surface area contributed by atoms with Gasteiger partial charge in [0.15, 0.2) is 0 Å². The Bertz CT molecular complexity index is 955. The summed E-state index contributed by atoms with van der Waals surface area (Å²) in [6, 6.07) is 16.1. The molecule has 0 bridgehead atoms. The maximum absolute atomic E-state index is 13.1. The quantitative estimate of drug-likeness (QED) is 0.694. The highest BCUT2D eigenvalue weighted by Gasteiger charge is 2.19. The summed E-state index contributed by atoms with van der Waals surface area (Å²) in [4.78, 5) is 13.7. The summed E-state index contributed by atoms with van der Waals surface area (Å²) in [6.45, 7) is 5.34. The van der Waals surface area contributed by atoms with Gasteiger partial charge in [0, 0.05) is 54.3 Å². The fourth-order valence-electron chi connectivity index (χ4n) is 3.31. The molecule has 1 fully saturated rings. The molecule has 2 heterocycles. The van der Waals surface area contributed by atoms with E-state index in [4.69, 9.17) is 11.6 Å². The number of anilines is 4. The number of hydrogen-bond acceptors (Lipinski definition) is 5. The second-order valence-electron chi connectivity index (χ2n) is 6.78. The van der Waals surface area contributed by atoms with Gasteiger partial charge in [-0.05, 0) is 49.4 Å². The first-order chi connectivity index (χ1) is 13.6. The normalized spacial score (nSPS) is 14.2. The molecular weight excluding hydrogens is 377 g/mol. The van der Waals surface area contributed by atoms with E-state index in [1.54, 1.807) is 0 Å². The Kier molecular flexibility index (Phi) is 5.30. The van der Waals surface area contributed by atoms with Crippen molar-refractivity contribution < 1.29 is 4.39 Å². The highest BCUT2D eigenvalue weighted by Crippen LogP contribution is 2.23. The standard InChI is InChI=1S/C21H21ClFN5/c1-15-13-20(26-21(24-15)25-18-4-2-3-16(22)14-18)28-11-9-27(10-12-28)19-7-5-17(23)6-8-19/h2-8,13-14H,9-12H2,1H3,(H,24,25,26). The van der Waals surface area contributed by atoms with E-state index in [-0.39, 0.29) is 5.82 Å². The third-order valence-corrected chi connectivity index (χ3v) is 4.95. The molecular formula is C21H21ClFN5. The van der Waals surface area contributed by atoms with E-state index in [2.05, 4.69) is 25.1 Å². The van der Waals surface area contributed by atoms with Crippen LogP contribution in [-0.4, -0.2) is 36.1 Å². The van der Waals surface area contributed by atoms with Gasteiger partial charge in [-0.15, -0.1) is 0 Å². The zero-order valence-corrected chi connectivity index (χ0v) is 16.3. The Hall–Kier alpha value is -2.86. The number of rotatable bonds is 4. The molecule has 3 aromatic rings. The number of nitrogens with zero attached hydrogens (tertiary/aromatic N) is 4. The SMILES string of the molecule is Cc1cc(N2CCN(c3ccc(F)cc3)CC2)nc(Nc2cccc(Cl)c2)n1. The minimum atomic E-state index is -0.210. The molecule has 4 rings (SSSR count). The maximum atomic E-state index is 13.1. The Labute approximate surface area is 168 Å². The Morgan fingerprint density at radius 2 is 1.64 bits per heavy atom. The van der Waals surface area contributed by atoms with Crippen molar-refractivity contribution in [2.24, 2.45) is 0 Å². The molecule has 0 aliphatic carbocycles. The van der Waals surface area contributed by atoms with Crippen molar-refractivity contribution in [1.29, 1.82) is 0 Å². The Morgan fingerprint density at radius 1 is 0.929 bits per heavy atom. The van der Waals surface area contributed by atoms with Crippen molar-refractivity contribution in [2.75, 3.05) is 41.3 Å². The number of aromatic nitrogens is 2. The summed E-state index contributed by atoms with van der Waals surface area (Å²) < 4.78 is 13.1. The summed E-state index contributed by atoms with van der Waals surface area (Å²) in [6.07, 6.45) is 0. The van der Waals surface area contributed by atoms with Crippen molar-refractivity contribution in [2.45, 2.75) is 6.92 Å². The van der Waals surface area contributed by atoms with Crippen LogP contribution in [0.4, 0.5) is 27.5 Å². The van der Waals surface area contributed by atoms with Gasteiger partial charge >= 0.3 is 0 Å². The molecule has 0 saturated carbocycles. The van der Waals surface area contributed by atoms with E-state index < -0.39 is 0 Å². The van der Waals surface area contributed by atoms with Gasteiger partial charge in [0.05, 0.1) is 0 Å². The maximum Gasteiger partial charge on any atom is 0.229 e. The summed E-state index contributed by atoms with van der Waals surface area (Å²) in [5.41, 5.74) is 2.80. The van der Waals surface area contributed by atoms with Crippen LogP contribution in [0.1, 0.15) is 5.69 Å². The molecule has 144 valence electrons. The van der Waals surface area contributed by atoms with Gasteiger partial charge in [-0.1, -0.05) is 17.7 Å². The number of aryl methyl sites for hydroxylation is 1. The van der Waals surface area contributed by atoms with Crippen LogP contribution in [0.25, 0.3) is 0 Å². The average Bonchev–Trinajstić information content (AvgIpc) is 2.68. The Morgan fingerprint density at radius 3 is 2.36 bits per heavy atom. The molecule has 28 heavy (non-hydrogen) atoms. The van der Waals surface area contributed by atoms with Gasteiger partial charge in [-0.2, -0.15) is 4.98 Å². The van der Waals surface area contributed by atoms with Crippen molar-refractivity contribution in [1.82, 2.24) is 9.97 Å². The van der Waals surface area contributed by atoms with Crippen LogP contribution in [0.3, 0.4) is 0 Å². The van der Waals surface area contributed by atoms with Crippen LogP contribution in [0, 0.1) is 12.7 Å². The predicted octanol–water partition coefficient (Wildman–Crippen LogP) is 4.65. The first kappa shape index (κ1) is 18.5. The van der Waals surface area contributed by atoms with Crippen LogP contribution in [0.2, 0.25) is 5.02 Å². The lowest BCUT2D eigenvalue weighted by atomic mass is 10.2. The smallest absolute Gasteiger partial charge is 0.229 e. The zero-order valence-electron chi connectivity index (χ0n) is 15.6. The molecule has 7 heteroatoms. The van der Waals surface area contributed by atoms with Gasteiger partial charge in [0.25, 0.3) is 0 Å². The summed E-state index contributed by atoms with van der Waals surface area (Å²) in [5.74, 6) is 1.24. The fraction of sp³-hybridized carbons (Fsp3) is 0.238. The van der Waals surface area contributed by atoms with Crippen molar-refractivity contribution in [3.05, 3.63) is 71.1 Å². The largest absolute Gasteiger partial charge is 0.368 e. The first-order valence-corrected chi connectivity index (χ1v) is 9.58. The van der Waals surface area contributed by atoms with Gasteiger partial charge in [0.2, 0.25) is 5.95 Å². The highest BCUT2D eigenvalue weighted by molar-refractivity contribution is 6.30. The van der Waals surface area contributed by atoms with Crippen molar-refractivity contribution in [3.63, 3.8) is 0 Å². The van der Waals surface area contributed by atoms with Crippen LogP contribution in [0.15, 0.2) is 54.6 Å². The average molecular weight is 398 g/mol. The van der Waals surface area contributed by atoms with E-state index in [0.717, 1.165) is 49.1 Å². The van der Waals surface area contributed by atoms with Crippen LogP contribution >= 0.6 is 11.6 Å². The lowest BCUT2D eigenvalue weighted by molar-refractivity contribution is 0.624. The van der Waals surface area contributed by atoms with E-state index in [9.17, 15) is 4.39 Å². The minimum Gasteiger partial charge on any atom is -0.368 e. The van der Waals surface area contributed by atoms with E-state index in [0.29, 0.717) is 11.0 Å². The molecule has 0 radical (unpaired) electrons.